The molecule has 0 radical (unpaired) electrons. The highest BCUT2D eigenvalue weighted by atomic mass is 16.5. The van der Waals surface area contributed by atoms with Crippen LogP contribution in [0.5, 0.6) is 0 Å². The Bertz CT molecular complexity index is 882. The number of imide groups is 1. The summed E-state index contributed by atoms with van der Waals surface area (Å²) in [7, 11) is 0. The summed E-state index contributed by atoms with van der Waals surface area (Å²) >= 11 is 0. The van der Waals surface area contributed by atoms with Gasteiger partial charge in [-0.1, -0.05) is 30.4 Å². The zero-order valence-electron chi connectivity index (χ0n) is 15.4. The first-order valence-corrected chi connectivity index (χ1v) is 9.29. The predicted molar refractivity (Wildman–Crippen MR) is 97.4 cm³/mol. The van der Waals surface area contributed by atoms with E-state index in [9.17, 15) is 24.0 Å². The maximum atomic E-state index is 12.5. The average molecular weight is 397 g/mol. The van der Waals surface area contributed by atoms with Crippen molar-refractivity contribution in [3.63, 3.8) is 0 Å². The van der Waals surface area contributed by atoms with Gasteiger partial charge < -0.3 is 4.74 Å². The highest BCUT2D eigenvalue weighted by Gasteiger charge is 2.59. The molecule has 0 spiro atoms. The van der Waals surface area contributed by atoms with Crippen LogP contribution in [0.1, 0.15) is 16.8 Å². The summed E-state index contributed by atoms with van der Waals surface area (Å²) in [5.41, 5.74) is 4.68. The Balaban J connectivity index is 1.22. The molecule has 0 unspecified atom stereocenters. The van der Waals surface area contributed by atoms with Gasteiger partial charge in [-0.2, -0.15) is 0 Å². The molecule has 2 bridgehead atoms. The molecule has 0 aromatic heterocycles. The van der Waals surface area contributed by atoms with Crippen molar-refractivity contribution in [1.82, 2.24) is 15.8 Å². The molecule has 1 aromatic rings. The van der Waals surface area contributed by atoms with E-state index in [0.717, 1.165) is 11.3 Å². The normalized spacial score (nSPS) is 26.4. The standard InChI is InChI=1S/C20H19N3O6/c24-14(21-22-18(26)11-4-2-1-3-5-11)10-29-15(25)9-23-19(27)16-12-6-7-13(8-12)17(16)20(23)28/h1-7,12-13,16-17H,8-10H2,(H,21,24)(H,22,26)/t12-,13-,16-,17+/m0/s1. The Hall–Kier alpha value is -3.49. The number of ether oxygens (including phenoxy) is 1. The molecule has 2 fully saturated rings. The molecule has 9 nitrogen and oxygen atoms in total. The molecule has 2 N–H and O–H groups in total. The van der Waals surface area contributed by atoms with Crippen LogP contribution in [0.3, 0.4) is 0 Å². The van der Waals surface area contributed by atoms with Crippen LogP contribution < -0.4 is 10.9 Å². The van der Waals surface area contributed by atoms with E-state index in [0.29, 0.717) is 5.56 Å². The minimum Gasteiger partial charge on any atom is -0.454 e. The average Bonchev–Trinajstić information content (AvgIpc) is 3.41. The number of hydrogen-bond donors (Lipinski definition) is 2. The molecule has 1 aromatic carbocycles. The molecule has 4 amide bonds. The van der Waals surface area contributed by atoms with Crippen LogP contribution in [0.15, 0.2) is 42.5 Å². The van der Waals surface area contributed by atoms with Crippen LogP contribution >= 0.6 is 0 Å². The van der Waals surface area contributed by atoms with Gasteiger partial charge in [0.15, 0.2) is 6.61 Å². The summed E-state index contributed by atoms with van der Waals surface area (Å²) in [6.45, 7) is -1.17. The Morgan fingerprint density at radius 3 is 2.21 bits per heavy atom. The molecule has 2 aliphatic carbocycles. The van der Waals surface area contributed by atoms with Gasteiger partial charge in [-0.15, -0.1) is 0 Å². The second kappa shape index (κ2) is 7.50. The van der Waals surface area contributed by atoms with E-state index < -0.39 is 30.9 Å². The van der Waals surface area contributed by atoms with Crippen molar-refractivity contribution >= 4 is 29.6 Å². The van der Waals surface area contributed by atoms with Gasteiger partial charge in [-0.25, -0.2) is 0 Å². The van der Waals surface area contributed by atoms with Crippen molar-refractivity contribution in [3.05, 3.63) is 48.0 Å². The fourth-order valence-corrected chi connectivity index (χ4v) is 4.26. The van der Waals surface area contributed by atoms with Gasteiger partial charge in [0.1, 0.15) is 6.54 Å². The van der Waals surface area contributed by atoms with E-state index in [2.05, 4.69) is 10.9 Å². The van der Waals surface area contributed by atoms with Crippen LogP contribution in [0.25, 0.3) is 0 Å². The number of carbonyl (C=O) groups is 5. The number of hydrogen-bond acceptors (Lipinski definition) is 6. The second-order valence-electron chi connectivity index (χ2n) is 7.29. The van der Waals surface area contributed by atoms with Crippen LogP contribution in [0.4, 0.5) is 0 Å². The Morgan fingerprint density at radius 2 is 1.59 bits per heavy atom. The monoisotopic (exact) mass is 397 g/mol. The number of nitrogens with zero attached hydrogens (tertiary/aromatic N) is 1. The van der Waals surface area contributed by atoms with Gasteiger partial charge in [0.05, 0.1) is 11.8 Å². The number of rotatable bonds is 5. The number of benzene rings is 1. The van der Waals surface area contributed by atoms with E-state index >= 15 is 0 Å². The lowest BCUT2D eigenvalue weighted by atomic mass is 9.85. The molecular formula is C20H19N3O6. The number of esters is 1. The van der Waals surface area contributed by atoms with Crippen molar-refractivity contribution in [2.75, 3.05) is 13.2 Å². The number of allylic oxidation sites excluding steroid dienone is 2. The van der Waals surface area contributed by atoms with Crippen LogP contribution in [-0.4, -0.2) is 47.6 Å². The number of carbonyl (C=O) groups excluding carboxylic acids is 5. The zero-order valence-corrected chi connectivity index (χ0v) is 15.4. The zero-order chi connectivity index (χ0) is 20.5. The predicted octanol–water partition coefficient (Wildman–Crippen LogP) is -0.202. The van der Waals surface area contributed by atoms with E-state index in [-0.39, 0.29) is 35.5 Å². The molecule has 1 aliphatic heterocycles. The van der Waals surface area contributed by atoms with Gasteiger partial charge in [0.25, 0.3) is 11.8 Å². The molecule has 3 aliphatic rings. The molecule has 150 valence electrons. The summed E-state index contributed by atoms with van der Waals surface area (Å²) in [4.78, 5) is 61.5. The SMILES string of the molecule is O=C(COC(=O)CN1C(=O)[C@@H]2[C@H](C1=O)[C@H]1C=C[C@H]2C1)NNC(=O)c1ccccc1. The van der Waals surface area contributed by atoms with Crippen molar-refractivity contribution in [2.45, 2.75) is 6.42 Å². The highest BCUT2D eigenvalue weighted by molar-refractivity contribution is 6.08. The first-order chi connectivity index (χ1) is 14.0. The Kier molecular flexibility index (Phi) is 4.87. The smallest absolute Gasteiger partial charge is 0.326 e. The van der Waals surface area contributed by atoms with Gasteiger partial charge in [0, 0.05) is 5.56 Å². The quantitative estimate of drug-likeness (QED) is 0.307. The van der Waals surface area contributed by atoms with E-state index in [4.69, 9.17) is 4.74 Å². The van der Waals surface area contributed by atoms with E-state index in [1.807, 2.05) is 12.2 Å². The van der Waals surface area contributed by atoms with Crippen LogP contribution in [0, 0.1) is 23.7 Å². The molecule has 1 saturated carbocycles. The number of likely N-dealkylation sites (tertiary alicyclic amines) is 1. The first kappa shape index (κ1) is 18.9. The minimum atomic E-state index is -0.864. The van der Waals surface area contributed by atoms with Crippen molar-refractivity contribution in [3.8, 4) is 0 Å². The second-order valence-corrected chi connectivity index (χ2v) is 7.29. The molecular weight excluding hydrogens is 378 g/mol. The lowest BCUT2D eigenvalue weighted by Crippen LogP contribution is -2.44. The third-order valence-electron chi connectivity index (χ3n) is 5.56. The highest BCUT2D eigenvalue weighted by Crippen LogP contribution is 2.52. The number of fused-ring (bicyclic) bond motifs is 5. The maximum Gasteiger partial charge on any atom is 0.326 e. The minimum absolute atomic E-state index is 0.0569. The topological polar surface area (TPSA) is 122 Å². The van der Waals surface area contributed by atoms with Gasteiger partial charge in [-0.3, -0.25) is 39.7 Å². The summed E-state index contributed by atoms with van der Waals surface area (Å²) in [5.74, 6) is -3.50. The number of hydrazine groups is 1. The fourth-order valence-electron chi connectivity index (χ4n) is 4.26. The summed E-state index contributed by atoms with van der Waals surface area (Å²) < 4.78 is 4.83. The lowest BCUT2D eigenvalue weighted by molar-refractivity contribution is -0.155. The van der Waals surface area contributed by atoms with E-state index in [1.54, 1.807) is 30.3 Å². The van der Waals surface area contributed by atoms with Crippen LogP contribution in [0.2, 0.25) is 0 Å². The van der Waals surface area contributed by atoms with Gasteiger partial charge in [0.2, 0.25) is 11.8 Å². The Labute approximate surface area is 166 Å². The van der Waals surface area contributed by atoms with E-state index in [1.165, 1.54) is 0 Å². The largest absolute Gasteiger partial charge is 0.454 e. The summed E-state index contributed by atoms with van der Waals surface area (Å²) in [5, 5.41) is 0. The molecule has 1 heterocycles. The van der Waals surface area contributed by atoms with Crippen LogP contribution in [-0.2, 0) is 23.9 Å². The fraction of sp³-hybridized carbons (Fsp3) is 0.350. The Morgan fingerprint density at radius 1 is 0.966 bits per heavy atom. The third-order valence-corrected chi connectivity index (χ3v) is 5.56. The van der Waals surface area contributed by atoms with Crippen molar-refractivity contribution in [2.24, 2.45) is 23.7 Å². The maximum absolute atomic E-state index is 12.5. The first-order valence-electron chi connectivity index (χ1n) is 9.29. The third kappa shape index (κ3) is 3.51. The van der Waals surface area contributed by atoms with Gasteiger partial charge >= 0.3 is 5.97 Å². The van der Waals surface area contributed by atoms with Gasteiger partial charge in [-0.05, 0) is 30.4 Å². The molecule has 1 saturated heterocycles. The summed E-state index contributed by atoms with van der Waals surface area (Å²) in [6, 6.07) is 8.24. The molecule has 29 heavy (non-hydrogen) atoms. The molecule has 4 atom stereocenters. The molecule has 4 rings (SSSR count). The summed E-state index contributed by atoms with van der Waals surface area (Å²) in [6.07, 6.45) is 4.74. The molecule has 9 heteroatoms. The lowest BCUT2D eigenvalue weighted by Gasteiger charge is -2.16. The van der Waals surface area contributed by atoms with Crippen molar-refractivity contribution < 1.29 is 28.7 Å². The number of nitrogens with one attached hydrogen (secondary N) is 2. The van der Waals surface area contributed by atoms with Crippen molar-refractivity contribution in [1.29, 1.82) is 0 Å². The number of amides is 4.